The maximum atomic E-state index is 12.7. The molecular weight excluding hydrogens is 280 g/mol. The smallest absolute Gasteiger partial charge is 0.269 e. The number of likely N-dealkylation sites (tertiary alicyclic amines) is 1. The molecule has 2 atom stereocenters. The average Bonchev–Trinajstić information content (AvgIpc) is 3.04. The van der Waals surface area contributed by atoms with Crippen molar-refractivity contribution in [1.29, 1.82) is 0 Å². The Bertz CT molecular complexity index is 618. The molecule has 5 heteroatoms. The molecular formula is C17H18N2O3. The van der Waals surface area contributed by atoms with Gasteiger partial charge in [0.15, 0.2) is 0 Å². The van der Waals surface area contributed by atoms with Crippen LogP contribution in [0.1, 0.15) is 24.4 Å². The predicted octanol–water partition coefficient (Wildman–Crippen LogP) is 2.14. The zero-order chi connectivity index (χ0) is 15.5. The van der Waals surface area contributed by atoms with E-state index in [2.05, 4.69) is 4.99 Å². The highest BCUT2D eigenvalue weighted by atomic mass is 16.5. The summed E-state index contributed by atoms with van der Waals surface area (Å²) in [6.07, 6.45) is 6.36. The highest BCUT2D eigenvalue weighted by Crippen LogP contribution is 2.34. The van der Waals surface area contributed by atoms with Crippen LogP contribution in [0.5, 0.6) is 5.75 Å². The normalized spacial score (nSPS) is 23.9. The summed E-state index contributed by atoms with van der Waals surface area (Å²) in [6.45, 7) is 0.738. The topological polar surface area (TPSA) is 59.0 Å². The third kappa shape index (κ3) is 2.79. The SMILES string of the molecule is COc1ccc(C2CCCN2C(=O)C2C=CC(=O)N=C2)cc1. The van der Waals surface area contributed by atoms with E-state index in [0.29, 0.717) is 0 Å². The van der Waals surface area contributed by atoms with Gasteiger partial charge in [-0.15, -0.1) is 0 Å². The van der Waals surface area contributed by atoms with E-state index in [-0.39, 0.29) is 17.9 Å². The summed E-state index contributed by atoms with van der Waals surface area (Å²) >= 11 is 0. The minimum atomic E-state index is -0.434. The van der Waals surface area contributed by atoms with Gasteiger partial charge in [0.25, 0.3) is 5.91 Å². The number of hydrogen-bond donors (Lipinski definition) is 0. The van der Waals surface area contributed by atoms with Crippen LogP contribution in [-0.4, -0.2) is 36.6 Å². The second-order valence-electron chi connectivity index (χ2n) is 5.46. The molecule has 22 heavy (non-hydrogen) atoms. The summed E-state index contributed by atoms with van der Waals surface area (Å²) in [5.41, 5.74) is 1.11. The first-order chi connectivity index (χ1) is 10.7. The number of rotatable bonds is 3. The first kappa shape index (κ1) is 14.5. The Kier molecular flexibility index (Phi) is 4.04. The number of hydrogen-bond acceptors (Lipinski definition) is 3. The minimum Gasteiger partial charge on any atom is -0.497 e. The maximum Gasteiger partial charge on any atom is 0.269 e. The molecule has 2 aliphatic heterocycles. The Morgan fingerprint density at radius 3 is 2.73 bits per heavy atom. The number of dihydropyridines is 1. The van der Waals surface area contributed by atoms with Crippen molar-refractivity contribution in [2.75, 3.05) is 13.7 Å². The predicted molar refractivity (Wildman–Crippen MR) is 82.8 cm³/mol. The fourth-order valence-electron chi connectivity index (χ4n) is 2.97. The molecule has 2 aliphatic rings. The van der Waals surface area contributed by atoms with E-state index in [0.717, 1.165) is 30.7 Å². The lowest BCUT2D eigenvalue weighted by atomic mass is 10.0. The molecule has 0 radical (unpaired) electrons. The molecule has 0 N–H and O–H groups in total. The number of aliphatic imine (C=N–C) groups is 1. The molecule has 114 valence electrons. The second-order valence-corrected chi connectivity index (χ2v) is 5.46. The van der Waals surface area contributed by atoms with Gasteiger partial charge in [-0.25, -0.2) is 4.99 Å². The molecule has 0 bridgehead atoms. The molecule has 1 saturated heterocycles. The van der Waals surface area contributed by atoms with E-state index in [4.69, 9.17) is 4.74 Å². The number of nitrogens with zero attached hydrogens (tertiary/aromatic N) is 2. The summed E-state index contributed by atoms with van der Waals surface area (Å²) in [5, 5.41) is 0. The molecule has 0 aliphatic carbocycles. The fraction of sp³-hybridized carbons (Fsp3) is 0.353. The number of ether oxygens (including phenoxy) is 1. The van der Waals surface area contributed by atoms with Crippen molar-refractivity contribution in [1.82, 2.24) is 4.90 Å². The van der Waals surface area contributed by atoms with Crippen LogP contribution >= 0.6 is 0 Å². The fourth-order valence-corrected chi connectivity index (χ4v) is 2.97. The van der Waals surface area contributed by atoms with Crippen molar-refractivity contribution in [3.05, 3.63) is 42.0 Å². The van der Waals surface area contributed by atoms with Crippen molar-refractivity contribution in [3.63, 3.8) is 0 Å². The van der Waals surface area contributed by atoms with Gasteiger partial charge >= 0.3 is 0 Å². The number of benzene rings is 1. The Hall–Kier alpha value is -2.43. The first-order valence-electron chi connectivity index (χ1n) is 7.40. The van der Waals surface area contributed by atoms with Gasteiger partial charge in [-0.1, -0.05) is 18.2 Å². The lowest BCUT2D eigenvalue weighted by Gasteiger charge is -2.27. The van der Waals surface area contributed by atoms with Crippen molar-refractivity contribution < 1.29 is 14.3 Å². The van der Waals surface area contributed by atoms with Crippen LogP contribution in [0.2, 0.25) is 0 Å². The summed E-state index contributed by atoms with van der Waals surface area (Å²) in [7, 11) is 1.64. The van der Waals surface area contributed by atoms with Crippen LogP contribution in [0.3, 0.4) is 0 Å². The van der Waals surface area contributed by atoms with E-state index in [1.165, 1.54) is 12.3 Å². The van der Waals surface area contributed by atoms with Gasteiger partial charge in [0.1, 0.15) is 5.75 Å². The van der Waals surface area contributed by atoms with Gasteiger partial charge in [-0.2, -0.15) is 0 Å². The molecule has 1 aromatic carbocycles. The van der Waals surface area contributed by atoms with Crippen LogP contribution in [0.4, 0.5) is 0 Å². The molecule has 1 aromatic rings. The molecule has 1 fully saturated rings. The Morgan fingerprint density at radius 2 is 2.09 bits per heavy atom. The van der Waals surface area contributed by atoms with Gasteiger partial charge in [-0.3, -0.25) is 9.59 Å². The number of amides is 2. The van der Waals surface area contributed by atoms with Crippen molar-refractivity contribution in [2.24, 2.45) is 10.9 Å². The monoisotopic (exact) mass is 298 g/mol. The van der Waals surface area contributed by atoms with Crippen LogP contribution in [-0.2, 0) is 9.59 Å². The van der Waals surface area contributed by atoms with Crippen molar-refractivity contribution in [3.8, 4) is 5.75 Å². The quantitative estimate of drug-likeness (QED) is 0.859. The van der Waals surface area contributed by atoms with Crippen LogP contribution in [0.15, 0.2) is 41.4 Å². The molecule has 5 nitrogen and oxygen atoms in total. The van der Waals surface area contributed by atoms with Gasteiger partial charge < -0.3 is 9.64 Å². The largest absolute Gasteiger partial charge is 0.497 e. The summed E-state index contributed by atoms with van der Waals surface area (Å²) in [5.74, 6) is 0.0695. The number of carbonyl (C=O) groups is 2. The number of methoxy groups -OCH3 is 1. The minimum absolute atomic E-state index is 0.00539. The van der Waals surface area contributed by atoms with Gasteiger partial charge in [0, 0.05) is 18.8 Å². The molecule has 2 amide bonds. The first-order valence-corrected chi connectivity index (χ1v) is 7.40. The molecule has 2 heterocycles. The molecule has 2 unspecified atom stereocenters. The highest BCUT2D eigenvalue weighted by molar-refractivity contribution is 6.05. The number of carbonyl (C=O) groups excluding carboxylic acids is 2. The maximum absolute atomic E-state index is 12.7. The van der Waals surface area contributed by atoms with E-state index in [1.54, 1.807) is 13.2 Å². The molecule has 0 spiro atoms. The Labute approximate surface area is 129 Å². The van der Waals surface area contributed by atoms with Crippen LogP contribution in [0, 0.1) is 5.92 Å². The zero-order valence-corrected chi connectivity index (χ0v) is 12.4. The van der Waals surface area contributed by atoms with Crippen molar-refractivity contribution in [2.45, 2.75) is 18.9 Å². The van der Waals surface area contributed by atoms with Gasteiger partial charge in [-0.05, 0) is 30.5 Å². The van der Waals surface area contributed by atoms with E-state index < -0.39 is 5.92 Å². The van der Waals surface area contributed by atoms with Gasteiger partial charge in [0.2, 0.25) is 5.91 Å². The summed E-state index contributed by atoms with van der Waals surface area (Å²) in [6, 6.07) is 7.92. The van der Waals surface area contributed by atoms with Crippen LogP contribution < -0.4 is 4.74 Å². The third-order valence-electron chi connectivity index (χ3n) is 4.13. The highest BCUT2D eigenvalue weighted by Gasteiger charge is 2.33. The third-order valence-corrected chi connectivity index (χ3v) is 4.13. The molecule has 0 saturated carbocycles. The average molecular weight is 298 g/mol. The Balaban J connectivity index is 1.77. The van der Waals surface area contributed by atoms with E-state index >= 15 is 0 Å². The lowest BCUT2D eigenvalue weighted by Crippen LogP contribution is -2.36. The van der Waals surface area contributed by atoms with E-state index in [1.807, 2.05) is 29.2 Å². The van der Waals surface area contributed by atoms with E-state index in [9.17, 15) is 9.59 Å². The molecule has 3 rings (SSSR count). The molecule has 0 aromatic heterocycles. The summed E-state index contributed by atoms with van der Waals surface area (Å²) in [4.78, 5) is 29.3. The lowest BCUT2D eigenvalue weighted by molar-refractivity contribution is -0.133. The van der Waals surface area contributed by atoms with Crippen molar-refractivity contribution >= 4 is 18.0 Å². The van der Waals surface area contributed by atoms with Gasteiger partial charge in [0.05, 0.1) is 19.1 Å². The zero-order valence-electron chi connectivity index (χ0n) is 12.4. The standard InChI is InChI=1S/C17H18N2O3/c1-22-14-7-4-12(5-8-14)15-3-2-10-19(15)17(21)13-6-9-16(20)18-11-13/h4-9,11,13,15H,2-3,10H2,1H3. The van der Waals surface area contributed by atoms with Crippen LogP contribution in [0.25, 0.3) is 0 Å². The second kappa shape index (κ2) is 6.13. The Morgan fingerprint density at radius 1 is 1.32 bits per heavy atom. The summed E-state index contributed by atoms with van der Waals surface area (Å²) < 4.78 is 5.17.